The third-order valence-corrected chi connectivity index (χ3v) is 1.48. The molecule has 0 aliphatic carbocycles. The van der Waals surface area contributed by atoms with Crippen molar-refractivity contribution >= 4 is 6.03 Å². The van der Waals surface area contributed by atoms with Crippen LogP contribution in [0.3, 0.4) is 0 Å². The Hall–Kier alpha value is -0.770. The van der Waals surface area contributed by atoms with Gasteiger partial charge < -0.3 is 16.2 Å². The fourth-order valence-corrected chi connectivity index (χ4v) is 0.753. The van der Waals surface area contributed by atoms with Gasteiger partial charge in [-0.3, -0.25) is 0 Å². The molecule has 4 N–H and O–H groups in total. The summed E-state index contributed by atoms with van der Waals surface area (Å²) in [5.74, 6) is 0.310. The summed E-state index contributed by atoms with van der Waals surface area (Å²) >= 11 is 0. The number of amides is 2. The van der Waals surface area contributed by atoms with Crippen molar-refractivity contribution in [1.29, 1.82) is 0 Å². The summed E-state index contributed by atoms with van der Waals surface area (Å²) in [5.41, 5.74) is 4.84. The molecule has 0 spiro atoms. The Balaban J connectivity index is 3.08. The zero-order valence-corrected chi connectivity index (χ0v) is 6.84. The summed E-state index contributed by atoms with van der Waals surface area (Å²) in [5, 5.41) is 11.1. The lowest BCUT2D eigenvalue weighted by Crippen LogP contribution is -2.30. The summed E-state index contributed by atoms with van der Waals surface area (Å²) in [6.45, 7) is 2.76. The second-order valence-electron chi connectivity index (χ2n) is 2.72. The number of nitrogens with two attached hydrogens (primary N) is 1. The lowest BCUT2D eigenvalue weighted by atomic mass is 10.1. The van der Waals surface area contributed by atoms with Crippen LogP contribution in [0.1, 0.15) is 19.8 Å². The number of hydrogen-bond acceptors (Lipinski definition) is 2. The summed E-state index contributed by atoms with van der Waals surface area (Å²) < 4.78 is 0. The van der Waals surface area contributed by atoms with E-state index in [0.717, 1.165) is 12.8 Å². The zero-order valence-electron chi connectivity index (χ0n) is 6.84. The number of rotatable bonds is 5. The number of nitrogens with one attached hydrogen (secondary N) is 1. The van der Waals surface area contributed by atoms with Gasteiger partial charge in [-0.15, -0.1) is 0 Å². The van der Waals surface area contributed by atoms with Crippen LogP contribution in [-0.4, -0.2) is 24.3 Å². The highest BCUT2D eigenvalue weighted by atomic mass is 16.3. The van der Waals surface area contributed by atoms with Gasteiger partial charge in [0.25, 0.3) is 0 Å². The van der Waals surface area contributed by atoms with Crippen LogP contribution in [0.5, 0.6) is 0 Å². The van der Waals surface area contributed by atoms with E-state index >= 15 is 0 Å². The van der Waals surface area contributed by atoms with Gasteiger partial charge in [-0.05, 0) is 18.8 Å². The van der Waals surface area contributed by atoms with Crippen LogP contribution in [0.15, 0.2) is 0 Å². The molecule has 0 aromatic rings. The predicted octanol–water partition coefficient (Wildman–Crippen LogP) is 0.0633. The largest absolute Gasteiger partial charge is 0.396 e. The van der Waals surface area contributed by atoms with E-state index in [-0.39, 0.29) is 6.61 Å². The minimum absolute atomic E-state index is 0.205. The molecule has 66 valence electrons. The molecule has 0 radical (unpaired) electrons. The average Bonchev–Trinajstić information content (AvgIpc) is 1.97. The first-order valence-corrected chi connectivity index (χ1v) is 3.81. The number of primary amides is 1. The minimum atomic E-state index is -0.485. The Morgan fingerprint density at radius 1 is 1.73 bits per heavy atom. The molecule has 1 unspecified atom stereocenters. The maximum Gasteiger partial charge on any atom is 0.312 e. The first-order valence-electron chi connectivity index (χ1n) is 3.81. The molecule has 2 amide bonds. The van der Waals surface area contributed by atoms with Gasteiger partial charge in [0.15, 0.2) is 0 Å². The minimum Gasteiger partial charge on any atom is -0.396 e. The van der Waals surface area contributed by atoms with Gasteiger partial charge in [0.05, 0.1) is 0 Å². The second-order valence-corrected chi connectivity index (χ2v) is 2.72. The van der Waals surface area contributed by atoms with E-state index in [4.69, 9.17) is 10.8 Å². The van der Waals surface area contributed by atoms with Gasteiger partial charge in [0.2, 0.25) is 0 Å². The molecule has 0 heterocycles. The van der Waals surface area contributed by atoms with E-state index in [1.54, 1.807) is 0 Å². The fraction of sp³-hybridized carbons (Fsp3) is 0.857. The average molecular weight is 160 g/mol. The standard InChI is InChI=1S/C7H16N2O2/c1-6(5-10)3-2-4-9-7(8)11/h6,10H,2-5H2,1H3,(H3,8,9,11). The summed E-state index contributed by atoms with van der Waals surface area (Å²) in [4.78, 5) is 10.2. The van der Waals surface area contributed by atoms with Gasteiger partial charge >= 0.3 is 6.03 Å². The molecule has 0 aromatic heterocycles. The molecular weight excluding hydrogens is 144 g/mol. The predicted molar refractivity (Wildman–Crippen MR) is 43.1 cm³/mol. The number of aliphatic hydroxyl groups is 1. The van der Waals surface area contributed by atoms with Crippen LogP contribution < -0.4 is 11.1 Å². The molecule has 0 aliphatic rings. The molecule has 1 atom stereocenters. The van der Waals surface area contributed by atoms with Crippen molar-refractivity contribution in [2.75, 3.05) is 13.2 Å². The van der Waals surface area contributed by atoms with E-state index in [2.05, 4.69) is 5.32 Å². The SMILES string of the molecule is CC(CO)CCCNC(N)=O. The third-order valence-electron chi connectivity index (χ3n) is 1.48. The lowest BCUT2D eigenvalue weighted by molar-refractivity contribution is 0.227. The van der Waals surface area contributed by atoms with E-state index in [0.29, 0.717) is 12.5 Å². The first kappa shape index (κ1) is 10.2. The highest BCUT2D eigenvalue weighted by molar-refractivity contribution is 5.71. The normalized spacial score (nSPS) is 12.5. The maximum atomic E-state index is 10.2. The molecule has 0 fully saturated rings. The Morgan fingerprint density at radius 2 is 2.36 bits per heavy atom. The van der Waals surface area contributed by atoms with E-state index in [1.165, 1.54) is 0 Å². The van der Waals surface area contributed by atoms with Crippen LogP contribution >= 0.6 is 0 Å². The molecule has 4 nitrogen and oxygen atoms in total. The van der Waals surface area contributed by atoms with E-state index < -0.39 is 6.03 Å². The monoisotopic (exact) mass is 160 g/mol. The third kappa shape index (κ3) is 7.12. The number of urea groups is 1. The molecule has 0 saturated carbocycles. The van der Waals surface area contributed by atoms with Gasteiger partial charge in [0.1, 0.15) is 0 Å². The second kappa shape index (κ2) is 5.97. The quantitative estimate of drug-likeness (QED) is 0.497. The topological polar surface area (TPSA) is 75.3 Å². The lowest BCUT2D eigenvalue weighted by Gasteiger charge is -2.06. The van der Waals surface area contributed by atoms with E-state index in [9.17, 15) is 4.79 Å². The molecular formula is C7H16N2O2. The summed E-state index contributed by atoms with van der Waals surface area (Å²) in [6, 6.07) is -0.485. The molecule has 0 bridgehead atoms. The van der Waals surface area contributed by atoms with E-state index in [1.807, 2.05) is 6.92 Å². The van der Waals surface area contributed by atoms with Crippen molar-refractivity contribution in [1.82, 2.24) is 5.32 Å². The molecule has 0 saturated heterocycles. The maximum absolute atomic E-state index is 10.2. The van der Waals surface area contributed by atoms with Crippen LogP contribution in [-0.2, 0) is 0 Å². The van der Waals surface area contributed by atoms with Crippen molar-refractivity contribution in [2.45, 2.75) is 19.8 Å². The van der Waals surface area contributed by atoms with Gasteiger partial charge in [0, 0.05) is 13.2 Å². The smallest absolute Gasteiger partial charge is 0.312 e. The number of hydrogen-bond donors (Lipinski definition) is 3. The molecule has 4 heteroatoms. The van der Waals surface area contributed by atoms with Gasteiger partial charge in [-0.25, -0.2) is 4.79 Å². The van der Waals surface area contributed by atoms with Crippen molar-refractivity contribution < 1.29 is 9.90 Å². The van der Waals surface area contributed by atoms with Gasteiger partial charge in [-0.1, -0.05) is 6.92 Å². The Bertz CT molecular complexity index is 117. The summed E-state index contributed by atoms with van der Waals surface area (Å²) in [7, 11) is 0. The van der Waals surface area contributed by atoms with Crippen LogP contribution in [0, 0.1) is 5.92 Å². The number of aliphatic hydroxyl groups excluding tert-OH is 1. The molecule has 0 aromatic carbocycles. The number of carbonyl (C=O) groups excluding carboxylic acids is 1. The number of carbonyl (C=O) groups is 1. The van der Waals surface area contributed by atoms with Crippen LogP contribution in [0.2, 0.25) is 0 Å². The fourth-order valence-electron chi connectivity index (χ4n) is 0.753. The first-order chi connectivity index (χ1) is 5.16. The van der Waals surface area contributed by atoms with Crippen molar-refractivity contribution in [3.8, 4) is 0 Å². The summed E-state index contributed by atoms with van der Waals surface area (Å²) in [6.07, 6.45) is 1.78. The zero-order chi connectivity index (χ0) is 8.69. The molecule has 11 heavy (non-hydrogen) atoms. The van der Waals surface area contributed by atoms with Gasteiger partial charge in [-0.2, -0.15) is 0 Å². The van der Waals surface area contributed by atoms with Crippen molar-refractivity contribution in [3.05, 3.63) is 0 Å². The Kier molecular flexibility index (Phi) is 5.56. The van der Waals surface area contributed by atoms with Crippen molar-refractivity contribution in [3.63, 3.8) is 0 Å². The highest BCUT2D eigenvalue weighted by Crippen LogP contribution is 2.02. The van der Waals surface area contributed by atoms with Crippen molar-refractivity contribution in [2.24, 2.45) is 11.7 Å². The Morgan fingerprint density at radius 3 is 2.82 bits per heavy atom. The molecule has 0 aliphatic heterocycles. The molecule has 0 rings (SSSR count). The van der Waals surface area contributed by atoms with Crippen LogP contribution in [0.25, 0.3) is 0 Å². The van der Waals surface area contributed by atoms with Crippen LogP contribution in [0.4, 0.5) is 4.79 Å². The Labute approximate surface area is 66.8 Å². The highest BCUT2D eigenvalue weighted by Gasteiger charge is 1.98.